The average Bonchev–Trinajstić information content (AvgIpc) is 2.29. The molecule has 2 amide bonds. The van der Waals surface area contributed by atoms with Gasteiger partial charge >= 0.3 is 12.0 Å². The van der Waals surface area contributed by atoms with Crippen LogP contribution >= 0.6 is 0 Å². The number of carboxylic acid groups (broad SMARTS) is 1. The Morgan fingerprint density at radius 3 is 2.58 bits per heavy atom. The van der Waals surface area contributed by atoms with E-state index in [0.29, 0.717) is 6.54 Å². The van der Waals surface area contributed by atoms with E-state index in [-0.39, 0.29) is 18.4 Å². The summed E-state index contributed by atoms with van der Waals surface area (Å²) in [6.07, 6.45) is 0.0455. The standard InChI is InChI=1S/C14H20N2O3/c1-9-4-5-12(11(3)6-9)16-14(19)15-8-10(2)7-13(17)18/h4-6,10H,7-8H2,1-3H3,(H,17,18)(H2,15,16,19). The molecule has 1 aromatic carbocycles. The minimum atomic E-state index is -0.857. The first kappa shape index (κ1) is 15.0. The highest BCUT2D eigenvalue weighted by Gasteiger charge is 2.10. The number of hydrogen-bond donors (Lipinski definition) is 3. The number of amides is 2. The molecule has 5 heteroatoms. The van der Waals surface area contributed by atoms with Crippen LogP contribution in [-0.4, -0.2) is 23.7 Å². The third-order valence-corrected chi connectivity index (χ3v) is 2.76. The van der Waals surface area contributed by atoms with Gasteiger partial charge < -0.3 is 15.7 Å². The first-order chi connectivity index (χ1) is 8.88. The summed E-state index contributed by atoms with van der Waals surface area (Å²) in [6.45, 7) is 6.04. The Hall–Kier alpha value is -2.04. The number of anilines is 1. The quantitative estimate of drug-likeness (QED) is 0.764. The molecule has 0 radical (unpaired) electrons. The maximum absolute atomic E-state index is 11.7. The van der Waals surface area contributed by atoms with E-state index in [4.69, 9.17) is 5.11 Å². The molecule has 1 unspecified atom stereocenters. The van der Waals surface area contributed by atoms with Crippen molar-refractivity contribution in [1.82, 2.24) is 5.32 Å². The van der Waals surface area contributed by atoms with E-state index in [2.05, 4.69) is 10.6 Å². The first-order valence-corrected chi connectivity index (χ1v) is 6.22. The molecule has 0 saturated carbocycles. The molecule has 0 fully saturated rings. The van der Waals surface area contributed by atoms with Crippen LogP contribution in [0.3, 0.4) is 0 Å². The summed E-state index contributed by atoms with van der Waals surface area (Å²) in [5, 5.41) is 14.0. The molecule has 0 aliphatic carbocycles. The van der Waals surface area contributed by atoms with E-state index in [1.54, 1.807) is 6.92 Å². The minimum absolute atomic E-state index is 0.0455. The molecule has 0 aliphatic heterocycles. The lowest BCUT2D eigenvalue weighted by atomic mass is 10.1. The fourth-order valence-corrected chi connectivity index (χ4v) is 1.76. The Balaban J connectivity index is 2.45. The summed E-state index contributed by atoms with van der Waals surface area (Å²) in [6, 6.07) is 5.45. The number of aryl methyl sites for hydroxylation is 2. The maximum atomic E-state index is 11.7. The number of aliphatic carboxylic acids is 1. The Bertz CT molecular complexity index is 472. The van der Waals surface area contributed by atoms with Gasteiger partial charge in [0.05, 0.1) is 0 Å². The molecule has 1 atom stereocenters. The zero-order valence-electron chi connectivity index (χ0n) is 11.5. The first-order valence-electron chi connectivity index (χ1n) is 6.22. The predicted molar refractivity (Wildman–Crippen MR) is 74.4 cm³/mol. The molecule has 19 heavy (non-hydrogen) atoms. The van der Waals surface area contributed by atoms with Gasteiger partial charge in [-0.05, 0) is 31.4 Å². The number of benzene rings is 1. The second kappa shape index (κ2) is 6.78. The van der Waals surface area contributed by atoms with E-state index in [9.17, 15) is 9.59 Å². The van der Waals surface area contributed by atoms with Crippen LogP contribution in [0.25, 0.3) is 0 Å². The van der Waals surface area contributed by atoms with Gasteiger partial charge in [-0.25, -0.2) is 4.79 Å². The van der Waals surface area contributed by atoms with E-state index in [0.717, 1.165) is 16.8 Å². The fraction of sp³-hybridized carbons (Fsp3) is 0.429. The van der Waals surface area contributed by atoms with Gasteiger partial charge in [-0.3, -0.25) is 4.79 Å². The van der Waals surface area contributed by atoms with Crippen molar-refractivity contribution >= 4 is 17.7 Å². The van der Waals surface area contributed by atoms with E-state index in [1.807, 2.05) is 32.0 Å². The van der Waals surface area contributed by atoms with Crippen LogP contribution in [0.15, 0.2) is 18.2 Å². The van der Waals surface area contributed by atoms with Gasteiger partial charge in [0, 0.05) is 18.7 Å². The van der Waals surface area contributed by atoms with Crippen molar-refractivity contribution in [2.24, 2.45) is 5.92 Å². The minimum Gasteiger partial charge on any atom is -0.481 e. The highest BCUT2D eigenvalue weighted by atomic mass is 16.4. The lowest BCUT2D eigenvalue weighted by Crippen LogP contribution is -2.33. The summed E-state index contributed by atoms with van der Waals surface area (Å²) in [5.41, 5.74) is 2.89. The Labute approximate surface area is 113 Å². The average molecular weight is 264 g/mol. The largest absolute Gasteiger partial charge is 0.481 e. The molecule has 1 rings (SSSR count). The summed E-state index contributed by atoms with van der Waals surface area (Å²) in [4.78, 5) is 22.2. The van der Waals surface area contributed by atoms with Crippen molar-refractivity contribution in [2.75, 3.05) is 11.9 Å². The number of hydrogen-bond acceptors (Lipinski definition) is 2. The number of carboxylic acids is 1. The molecule has 1 aromatic rings. The molecule has 0 aliphatic rings. The lowest BCUT2D eigenvalue weighted by Gasteiger charge is -2.13. The Kier molecular flexibility index (Phi) is 5.36. The summed E-state index contributed by atoms with van der Waals surface area (Å²) in [5.74, 6) is -0.952. The number of carbonyl (C=O) groups is 2. The van der Waals surface area contributed by atoms with Gasteiger partial charge in [-0.1, -0.05) is 24.6 Å². The second-order valence-electron chi connectivity index (χ2n) is 4.86. The second-order valence-corrected chi connectivity index (χ2v) is 4.86. The van der Waals surface area contributed by atoms with Crippen LogP contribution in [-0.2, 0) is 4.79 Å². The van der Waals surface area contributed by atoms with Gasteiger partial charge in [-0.15, -0.1) is 0 Å². The van der Waals surface area contributed by atoms with Crippen LogP contribution in [0.2, 0.25) is 0 Å². The fourth-order valence-electron chi connectivity index (χ4n) is 1.76. The molecule has 3 N–H and O–H groups in total. The molecule has 0 spiro atoms. The molecule has 0 heterocycles. The lowest BCUT2D eigenvalue weighted by molar-refractivity contribution is -0.137. The van der Waals surface area contributed by atoms with Crippen LogP contribution in [0.1, 0.15) is 24.5 Å². The number of urea groups is 1. The van der Waals surface area contributed by atoms with Crippen molar-refractivity contribution in [2.45, 2.75) is 27.2 Å². The smallest absolute Gasteiger partial charge is 0.319 e. The monoisotopic (exact) mass is 264 g/mol. The zero-order chi connectivity index (χ0) is 14.4. The number of carbonyl (C=O) groups excluding carboxylic acids is 1. The number of nitrogens with one attached hydrogen (secondary N) is 2. The topological polar surface area (TPSA) is 78.4 Å². The molecular weight excluding hydrogens is 244 g/mol. The van der Waals surface area contributed by atoms with Gasteiger partial charge in [0.15, 0.2) is 0 Å². The molecule has 0 aromatic heterocycles. The summed E-state index contributed by atoms with van der Waals surface area (Å²) < 4.78 is 0. The maximum Gasteiger partial charge on any atom is 0.319 e. The molecular formula is C14H20N2O3. The summed E-state index contributed by atoms with van der Waals surface area (Å²) in [7, 11) is 0. The van der Waals surface area contributed by atoms with Crippen molar-refractivity contribution in [3.8, 4) is 0 Å². The van der Waals surface area contributed by atoms with Gasteiger partial charge in [0.1, 0.15) is 0 Å². The van der Waals surface area contributed by atoms with E-state index >= 15 is 0 Å². The van der Waals surface area contributed by atoms with Crippen LogP contribution in [0.5, 0.6) is 0 Å². The van der Waals surface area contributed by atoms with Crippen molar-refractivity contribution in [1.29, 1.82) is 0 Å². The van der Waals surface area contributed by atoms with Gasteiger partial charge in [0.25, 0.3) is 0 Å². The van der Waals surface area contributed by atoms with Crippen LogP contribution in [0.4, 0.5) is 10.5 Å². The van der Waals surface area contributed by atoms with Gasteiger partial charge in [0.2, 0.25) is 0 Å². The van der Waals surface area contributed by atoms with Crippen LogP contribution < -0.4 is 10.6 Å². The Morgan fingerprint density at radius 2 is 2.00 bits per heavy atom. The molecule has 0 saturated heterocycles. The normalized spacial score (nSPS) is 11.7. The molecule has 5 nitrogen and oxygen atoms in total. The molecule has 0 bridgehead atoms. The summed E-state index contributed by atoms with van der Waals surface area (Å²) >= 11 is 0. The van der Waals surface area contributed by atoms with Crippen molar-refractivity contribution < 1.29 is 14.7 Å². The zero-order valence-corrected chi connectivity index (χ0v) is 11.5. The highest BCUT2D eigenvalue weighted by Crippen LogP contribution is 2.15. The van der Waals surface area contributed by atoms with Crippen molar-refractivity contribution in [3.05, 3.63) is 29.3 Å². The van der Waals surface area contributed by atoms with Crippen molar-refractivity contribution in [3.63, 3.8) is 0 Å². The molecule has 104 valence electrons. The highest BCUT2D eigenvalue weighted by molar-refractivity contribution is 5.90. The van der Waals surface area contributed by atoms with Crippen LogP contribution in [0, 0.1) is 19.8 Å². The van der Waals surface area contributed by atoms with E-state index < -0.39 is 5.97 Å². The third-order valence-electron chi connectivity index (χ3n) is 2.76. The third kappa shape index (κ3) is 5.42. The van der Waals surface area contributed by atoms with Gasteiger partial charge in [-0.2, -0.15) is 0 Å². The Morgan fingerprint density at radius 1 is 1.32 bits per heavy atom. The SMILES string of the molecule is Cc1ccc(NC(=O)NCC(C)CC(=O)O)c(C)c1. The van der Waals surface area contributed by atoms with E-state index in [1.165, 1.54) is 0 Å². The predicted octanol–water partition coefficient (Wildman–Crippen LogP) is 2.54. The number of rotatable bonds is 5.